The molecule has 2 aromatic carbocycles. The number of fused-ring (bicyclic) bond motifs is 1. The molecule has 0 fully saturated rings. The van der Waals surface area contributed by atoms with Crippen LogP contribution in [0.4, 0.5) is 5.69 Å². The Labute approximate surface area is 136 Å². The molecular weight excluding hydrogens is 286 g/mol. The van der Waals surface area contributed by atoms with Gasteiger partial charge in [0.2, 0.25) is 0 Å². The third kappa shape index (κ3) is 2.87. The van der Waals surface area contributed by atoms with Crippen molar-refractivity contribution >= 4 is 22.6 Å². The summed E-state index contributed by atoms with van der Waals surface area (Å²) in [6.45, 7) is 8.14. The normalized spacial score (nSPS) is 11.0. The lowest BCUT2D eigenvalue weighted by atomic mass is 10.0. The summed E-state index contributed by atoms with van der Waals surface area (Å²) < 4.78 is 5.80. The number of anilines is 1. The second-order valence-corrected chi connectivity index (χ2v) is 5.99. The highest BCUT2D eigenvalue weighted by molar-refractivity contribution is 6.06. The molecule has 3 heteroatoms. The molecule has 0 spiro atoms. The molecule has 3 aromatic rings. The lowest BCUT2D eigenvalue weighted by molar-refractivity contribution is 0.0998. The van der Waals surface area contributed by atoms with Crippen LogP contribution in [0.5, 0.6) is 0 Å². The quantitative estimate of drug-likeness (QED) is 0.725. The van der Waals surface area contributed by atoms with Crippen molar-refractivity contribution in [2.75, 3.05) is 5.32 Å². The molecule has 1 heterocycles. The van der Waals surface area contributed by atoms with Crippen molar-refractivity contribution in [3.8, 4) is 0 Å². The molecule has 23 heavy (non-hydrogen) atoms. The van der Waals surface area contributed by atoms with Crippen LogP contribution in [-0.4, -0.2) is 5.91 Å². The van der Waals surface area contributed by atoms with E-state index in [1.54, 1.807) is 0 Å². The maximum atomic E-state index is 12.5. The van der Waals surface area contributed by atoms with Crippen LogP contribution in [-0.2, 0) is 6.42 Å². The molecule has 0 bridgehead atoms. The number of carbonyl (C=O) groups excluding carboxylic acids is 1. The summed E-state index contributed by atoms with van der Waals surface area (Å²) in [5.74, 6) is 0.169. The van der Waals surface area contributed by atoms with Crippen LogP contribution in [0.3, 0.4) is 0 Å². The Morgan fingerprint density at radius 1 is 1.04 bits per heavy atom. The predicted molar refractivity (Wildman–Crippen MR) is 94.2 cm³/mol. The Morgan fingerprint density at radius 3 is 2.35 bits per heavy atom. The van der Waals surface area contributed by atoms with Gasteiger partial charge in [-0.3, -0.25) is 4.79 Å². The zero-order valence-corrected chi connectivity index (χ0v) is 14.0. The van der Waals surface area contributed by atoms with Crippen molar-refractivity contribution in [2.45, 2.75) is 34.1 Å². The first-order valence-electron chi connectivity index (χ1n) is 7.90. The van der Waals surface area contributed by atoms with Gasteiger partial charge in [-0.15, -0.1) is 0 Å². The van der Waals surface area contributed by atoms with Crippen molar-refractivity contribution in [1.82, 2.24) is 0 Å². The molecule has 3 nitrogen and oxygen atoms in total. The number of hydrogen-bond acceptors (Lipinski definition) is 2. The molecule has 0 aliphatic heterocycles. The van der Waals surface area contributed by atoms with E-state index in [2.05, 4.69) is 25.2 Å². The monoisotopic (exact) mass is 307 g/mol. The average molecular weight is 307 g/mol. The van der Waals surface area contributed by atoms with Gasteiger partial charge in [-0.1, -0.05) is 19.1 Å². The van der Waals surface area contributed by atoms with Crippen LogP contribution in [0.25, 0.3) is 11.0 Å². The van der Waals surface area contributed by atoms with Crippen LogP contribution in [0.1, 0.15) is 39.7 Å². The summed E-state index contributed by atoms with van der Waals surface area (Å²) in [5, 5.41) is 3.91. The number of amides is 1. The van der Waals surface area contributed by atoms with E-state index in [9.17, 15) is 4.79 Å². The highest BCUT2D eigenvalue weighted by Gasteiger charge is 2.18. The Morgan fingerprint density at radius 2 is 1.70 bits per heavy atom. The van der Waals surface area contributed by atoms with Crippen molar-refractivity contribution in [1.29, 1.82) is 0 Å². The van der Waals surface area contributed by atoms with E-state index in [4.69, 9.17) is 4.42 Å². The fraction of sp³-hybridized carbons (Fsp3) is 0.250. The molecule has 0 aliphatic rings. The first-order chi connectivity index (χ1) is 11.0. The minimum Gasteiger partial charge on any atom is -0.451 e. The Hall–Kier alpha value is -2.55. The molecule has 0 saturated carbocycles. The zero-order valence-electron chi connectivity index (χ0n) is 14.0. The number of carbonyl (C=O) groups is 1. The van der Waals surface area contributed by atoms with Gasteiger partial charge < -0.3 is 9.73 Å². The SMILES string of the molecule is CCc1ccc(NC(=O)c2oc3cc(C)c(C)cc3c2C)cc1. The van der Waals surface area contributed by atoms with Gasteiger partial charge in [0.1, 0.15) is 5.58 Å². The molecular formula is C20H21NO2. The van der Waals surface area contributed by atoms with Crippen molar-refractivity contribution in [2.24, 2.45) is 0 Å². The van der Waals surface area contributed by atoms with Gasteiger partial charge in [-0.25, -0.2) is 0 Å². The molecule has 1 amide bonds. The van der Waals surface area contributed by atoms with E-state index in [1.165, 1.54) is 11.1 Å². The fourth-order valence-corrected chi connectivity index (χ4v) is 2.70. The molecule has 0 saturated heterocycles. The van der Waals surface area contributed by atoms with Crippen LogP contribution in [0.15, 0.2) is 40.8 Å². The number of benzene rings is 2. The van der Waals surface area contributed by atoms with Crippen LogP contribution in [0.2, 0.25) is 0 Å². The lowest BCUT2D eigenvalue weighted by Crippen LogP contribution is -2.12. The van der Waals surface area contributed by atoms with Crippen molar-refractivity contribution < 1.29 is 9.21 Å². The van der Waals surface area contributed by atoms with E-state index in [0.29, 0.717) is 5.76 Å². The number of rotatable bonds is 3. The topological polar surface area (TPSA) is 42.2 Å². The number of hydrogen-bond donors (Lipinski definition) is 1. The third-order valence-corrected chi connectivity index (χ3v) is 4.38. The van der Waals surface area contributed by atoms with Gasteiger partial charge >= 0.3 is 0 Å². The molecule has 118 valence electrons. The molecule has 1 aromatic heterocycles. The zero-order chi connectivity index (χ0) is 16.6. The first-order valence-corrected chi connectivity index (χ1v) is 7.90. The van der Waals surface area contributed by atoms with Gasteiger partial charge in [0.25, 0.3) is 5.91 Å². The van der Waals surface area contributed by atoms with Crippen molar-refractivity contribution in [3.63, 3.8) is 0 Å². The smallest absolute Gasteiger partial charge is 0.291 e. The summed E-state index contributed by atoms with van der Waals surface area (Å²) in [6.07, 6.45) is 0.982. The van der Waals surface area contributed by atoms with Gasteiger partial charge in [0.15, 0.2) is 5.76 Å². The van der Waals surface area contributed by atoms with Crippen LogP contribution < -0.4 is 5.32 Å². The Bertz CT molecular complexity index is 873. The summed E-state index contributed by atoms with van der Waals surface area (Å²) in [5.41, 5.74) is 6.02. The summed E-state index contributed by atoms with van der Waals surface area (Å²) >= 11 is 0. The highest BCUT2D eigenvalue weighted by Crippen LogP contribution is 2.28. The Kier molecular flexibility index (Phi) is 3.95. The molecule has 0 atom stereocenters. The molecule has 0 radical (unpaired) electrons. The minimum atomic E-state index is -0.210. The van der Waals surface area contributed by atoms with Gasteiger partial charge in [-0.05, 0) is 68.1 Å². The fourth-order valence-electron chi connectivity index (χ4n) is 2.70. The number of aryl methyl sites for hydroxylation is 4. The van der Waals surface area contributed by atoms with Crippen molar-refractivity contribution in [3.05, 3.63) is 64.4 Å². The minimum absolute atomic E-state index is 0.210. The first kappa shape index (κ1) is 15.3. The summed E-state index contributed by atoms with van der Waals surface area (Å²) in [6, 6.07) is 12.0. The Balaban J connectivity index is 1.92. The van der Waals surface area contributed by atoms with Crippen LogP contribution in [0, 0.1) is 20.8 Å². The average Bonchev–Trinajstić information content (AvgIpc) is 2.85. The summed E-state index contributed by atoms with van der Waals surface area (Å²) in [7, 11) is 0. The maximum Gasteiger partial charge on any atom is 0.291 e. The molecule has 0 aliphatic carbocycles. The maximum absolute atomic E-state index is 12.5. The van der Waals surface area contributed by atoms with Gasteiger partial charge in [0, 0.05) is 16.6 Å². The molecule has 3 rings (SSSR count). The van der Waals surface area contributed by atoms with E-state index in [1.807, 2.05) is 44.2 Å². The van der Waals surface area contributed by atoms with Gasteiger partial charge in [0.05, 0.1) is 0 Å². The second-order valence-electron chi connectivity index (χ2n) is 5.99. The van der Waals surface area contributed by atoms with E-state index in [0.717, 1.165) is 34.2 Å². The summed E-state index contributed by atoms with van der Waals surface area (Å²) in [4.78, 5) is 12.5. The van der Waals surface area contributed by atoms with E-state index in [-0.39, 0.29) is 5.91 Å². The number of furan rings is 1. The lowest BCUT2D eigenvalue weighted by Gasteiger charge is -2.04. The molecule has 0 unspecified atom stereocenters. The van der Waals surface area contributed by atoms with E-state index >= 15 is 0 Å². The standard InChI is InChI=1S/C20H21NO2/c1-5-15-6-8-16(9-7-15)21-20(22)19-14(4)17-10-12(2)13(3)11-18(17)23-19/h6-11H,5H2,1-4H3,(H,21,22). The number of nitrogens with one attached hydrogen (secondary N) is 1. The predicted octanol–water partition coefficient (Wildman–Crippen LogP) is 5.17. The van der Waals surface area contributed by atoms with Crippen LogP contribution >= 0.6 is 0 Å². The third-order valence-electron chi connectivity index (χ3n) is 4.38. The molecule has 1 N–H and O–H groups in total. The highest BCUT2D eigenvalue weighted by atomic mass is 16.3. The largest absolute Gasteiger partial charge is 0.451 e. The van der Waals surface area contributed by atoms with E-state index < -0.39 is 0 Å². The second kappa shape index (κ2) is 5.92. The van der Waals surface area contributed by atoms with Gasteiger partial charge in [-0.2, -0.15) is 0 Å².